The standard InChI is InChI=1S/C19H32N2O2S.ClH/c1-18(2,3)14-7-8-17(16(13-14)19(4,5)6)24(22,23)21-15-9-11-20-12-10-15;/h7-8,13,15,20-21H,9-12H2,1-6H3;1H. The average Bonchev–Trinajstić information content (AvgIpc) is 2.45. The summed E-state index contributed by atoms with van der Waals surface area (Å²) in [6, 6.07) is 5.82. The van der Waals surface area contributed by atoms with Gasteiger partial charge in [0.15, 0.2) is 0 Å². The van der Waals surface area contributed by atoms with E-state index >= 15 is 0 Å². The molecule has 144 valence electrons. The molecule has 4 nitrogen and oxygen atoms in total. The Morgan fingerprint density at radius 2 is 1.56 bits per heavy atom. The van der Waals surface area contributed by atoms with Crippen LogP contribution in [0.15, 0.2) is 23.1 Å². The van der Waals surface area contributed by atoms with Crippen molar-refractivity contribution in [3.05, 3.63) is 29.3 Å². The lowest BCUT2D eigenvalue weighted by Crippen LogP contribution is -2.43. The van der Waals surface area contributed by atoms with E-state index in [1.807, 2.05) is 6.07 Å². The van der Waals surface area contributed by atoms with Crippen molar-refractivity contribution in [2.75, 3.05) is 13.1 Å². The summed E-state index contributed by atoms with van der Waals surface area (Å²) in [6.45, 7) is 14.4. The average molecular weight is 389 g/mol. The van der Waals surface area contributed by atoms with Crippen molar-refractivity contribution in [2.45, 2.75) is 76.2 Å². The summed E-state index contributed by atoms with van der Waals surface area (Å²) in [5, 5.41) is 3.27. The molecular weight excluding hydrogens is 356 g/mol. The highest BCUT2D eigenvalue weighted by Crippen LogP contribution is 2.33. The van der Waals surface area contributed by atoms with Crippen LogP contribution in [0.1, 0.15) is 65.5 Å². The number of sulfonamides is 1. The largest absolute Gasteiger partial charge is 0.317 e. The molecule has 0 unspecified atom stereocenters. The van der Waals surface area contributed by atoms with Crippen LogP contribution in [0.3, 0.4) is 0 Å². The highest BCUT2D eigenvalue weighted by Gasteiger charge is 2.29. The molecule has 1 fully saturated rings. The molecule has 1 aromatic carbocycles. The lowest BCUT2D eigenvalue weighted by atomic mass is 9.81. The maximum Gasteiger partial charge on any atom is 0.241 e. The van der Waals surface area contributed by atoms with Gasteiger partial charge in [0.25, 0.3) is 0 Å². The number of hydrogen-bond acceptors (Lipinski definition) is 3. The molecular formula is C19H33ClN2O2S. The summed E-state index contributed by atoms with van der Waals surface area (Å²) < 4.78 is 28.9. The Hall–Kier alpha value is -0.620. The zero-order valence-corrected chi connectivity index (χ0v) is 17.9. The van der Waals surface area contributed by atoms with Crippen LogP contribution in [0.25, 0.3) is 0 Å². The van der Waals surface area contributed by atoms with Gasteiger partial charge in [-0.15, -0.1) is 12.4 Å². The van der Waals surface area contributed by atoms with E-state index < -0.39 is 10.0 Å². The normalized spacial score (nSPS) is 17.2. The molecule has 1 aliphatic heterocycles. The van der Waals surface area contributed by atoms with Crippen LogP contribution in [0, 0.1) is 0 Å². The molecule has 0 amide bonds. The highest BCUT2D eigenvalue weighted by molar-refractivity contribution is 7.89. The number of piperidine rings is 1. The van der Waals surface area contributed by atoms with Crippen molar-refractivity contribution in [3.63, 3.8) is 0 Å². The zero-order chi connectivity index (χ0) is 18.2. The summed E-state index contributed by atoms with van der Waals surface area (Å²) in [7, 11) is -3.51. The van der Waals surface area contributed by atoms with Crippen molar-refractivity contribution in [2.24, 2.45) is 0 Å². The summed E-state index contributed by atoms with van der Waals surface area (Å²) >= 11 is 0. The molecule has 0 bridgehead atoms. The molecule has 1 heterocycles. The maximum atomic E-state index is 13.0. The second kappa shape index (κ2) is 7.95. The molecule has 0 aromatic heterocycles. The van der Waals surface area contributed by atoms with Gasteiger partial charge in [0.1, 0.15) is 0 Å². The number of nitrogens with one attached hydrogen (secondary N) is 2. The van der Waals surface area contributed by atoms with Crippen molar-refractivity contribution in [1.82, 2.24) is 10.0 Å². The lowest BCUT2D eigenvalue weighted by molar-refractivity contribution is 0.426. The van der Waals surface area contributed by atoms with Crippen LogP contribution in [-0.2, 0) is 20.9 Å². The fourth-order valence-electron chi connectivity index (χ4n) is 3.04. The molecule has 1 aromatic rings. The Morgan fingerprint density at radius 3 is 2.04 bits per heavy atom. The van der Waals surface area contributed by atoms with Gasteiger partial charge in [-0.1, -0.05) is 53.7 Å². The Labute approximate surface area is 159 Å². The monoisotopic (exact) mass is 388 g/mol. The van der Waals surface area contributed by atoms with Gasteiger partial charge in [-0.3, -0.25) is 0 Å². The van der Waals surface area contributed by atoms with Crippen LogP contribution in [-0.4, -0.2) is 27.5 Å². The molecule has 2 rings (SSSR count). The Bertz CT molecular complexity index is 682. The first-order valence-electron chi connectivity index (χ1n) is 8.79. The summed E-state index contributed by atoms with van der Waals surface area (Å²) in [6.07, 6.45) is 1.67. The van der Waals surface area contributed by atoms with Gasteiger partial charge in [0.2, 0.25) is 10.0 Å². The lowest BCUT2D eigenvalue weighted by Gasteiger charge is -2.29. The van der Waals surface area contributed by atoms with E-state index in [0.717, 1.165) is 37.1 Å². The topological polar surface area (TPSA) is 58.2 Å². The quantitative estimate of drug-likeness (QED) is 0.829. The zero-order valence-electron chi connectivity index (χ0n) is 16.3. The van der Waals surface area contributed by atoms with E-state index in [-0.39, 0.29) is 29.3 Å². The molecule has 25 heavy (non-hydrogen) atoms. The number of rotatable bonds is 3. The van der Waals surface area contributed by atoms with E-state index in [1.54, 1.807) is 6.07 Å². The number of hydrogen-bond donors (Lipinski definition) is 2. The van der Waals surface area contributed by atoms with Gasteiger partial charge in [-0.25, -0.2) is 13.1 Å². The molecule has 1 saturated heterocycles. The first-order valence-corrected chi connectivity index (χ1v) is 10.3. The van der Waals surface area contributed by atoms with Gasteiger partial charge in [0.05, 0.1) is 4.90 Å². The smallest absolute Gasteiger partial charge is 0.241 e. The van der Waals surface area contributed by atoms with Crippen LogP contribution in [0.5, 0.6) is 0 Å². The molecule has 0 aliphatic carbocycles. The minimum absolute atomic E-state index is 0. The molecule has 0 atom stereocenters. The molecule has 0 spiro atoms. The molecule has 6 heteroatoms. The maximum absolute atomic E-state index is 13.0. The van der Waals surface area contributed by atoms with Crippen LogP contribution in [0.4, 0.5) is 0 Å². The molecule has 2 N–H and O–H groups in total. The first kappa shape index (κ1) is 22.4. The van der Waals surface area contributed by atoms with Gasteiger partial charge in [0, 0.05) is 6.04 Å². The fraction of sp³-hybridized carbons (Fsp3) is 0.684. The van der Waals surface area contributed by atoms with Crippen molar-refractivity contribution >= 4 is 22.4 Å². The van der Waals surface area contributed by atoms with Crippen molar-refractivity contribution in [3.8, 4) is 0 Å². The minimum atomic E-state index is -3.51. The predicted octanol–water partition coefficient (Wildman–Crippen LogP) is 3.73. The fourth-order valence-corrected chi connectivity index (χ4v) is 4.74. The van der Waals surface area contributed by atoms with E-state index in [4.69, 9.17) is 0 Å². The molecule has 0 radical (unpaired) electrons. The van der Waals surface area contributed by atoms with E-state index in [9.17, 15) is 8.42 Å². The van der Waals surface area contributed by atoms with E-state index in [0.29, 0.717) is 4.90 Å². The third-order valence-corrected chi connectivity index (χ3v) is 6.18. The second-order valence-corrected chi connectivity index (χ2v) is 10.5. The molecule has 1 aliphatic rings. The van der Waals surface area contributed by atoms with Gasteiger partial charge in [-0.2, -0.15) is 0 Å². The van der Waals surface area contributed by atoms with Crippen LogP contribution in [0.2, 0.25) is 0 Å². The van der Waals surface area contributed by atoms with Gasteiger partial charge < -0.3 is 5.32 Å². The van der Waals surface area contributed by atoms with Crippen LogP contribution < -0.4 is 10.0 Å². The first-order chi connectivity index (χ1) is 10.9. The molecule has 0 saturated carbocycles. The third-order valence-electron chi connectivity index (χ3n) is 4.60. The minimum Gasteiger partial charge on any atom is -0.317 e. The SMILES string of the molecule is CC(C)(C)c1ccc(S(=O)(=O)NC2CCNCC2)c(C(C)(C)C)c1.Cl. The Balaban J connectivity index is 0.00000312. The van der Waals surface area contributed by atoms with E-state index in [1.165, 1.54) is 0 Å². The van der Waals surface area contributed by atoms with Crippen molar-refractivity contribution < 1.29 is 8.42 Å². The van der Waals surface area contributed by atoms with Gasteiger partial charge >= 0.3 is 0 Å². The van der Waals surface area contributed by atoms with E-state index in [2.05, 4.69) is 57.6 Å². The third kappa shape index (κ3) is 5.68. The van der Waals surface area contributed by atoms with Crippen molar-refractivity contribution in [1.29, 1.82) is 0 Å². The highest BCUT2D eigenvalue weighted by atomic mass is 35.5. The van der Waals surface area contributed by atoms with Crippen LogP contribution >= 0.6 is 12.4 Å². The predicted molar refractivity (Wildman–Crippen MR) is 107 cm³/mol. The summed E-state index contributed by atoms with van der Waals surface area (Å²) in [4.78, 5) is 0.418. The Kier molecular flexibility index (Phi) is 7.13. The second-order valence-electron chi connectivity index (χ2n) is 8.86. The number of halogens is 1. The summed E-state index contributed by atoms with van der Waals surface area (Å²) in [5.41, 5.74) is 1.80. The Morgan fingerprint density at radius 1 is 1.00 bits per heavy atom. The van der Waals surface area contributed by atoms with Gasteiger partial charge in [-0.05, 0) is 54.0 Å². The number of benzene rings is 1. The summed E-state index contributed by atoms with van der Waals surface area (Å²) in [5.74, 6) is 0.